The molecule has 0 radical (unpaired) electrons. The monoisotopic (exact) mass is 269 g/mol. The predicted octanol–water partition coefficient (Wildman–Crippen LogP) is 1.79. The second-order valence-corrected chi connectivity index (χ2v) is 7.10. The Kier molecular flexibility index (Phi) is 4.95. The summed E-state index contributed by atoms with van der Waals surface area (Å²) in [7, 11) is -3.06. The van der Waals surface area contributed by atoms with E-state index >= 15 is 0 Å². The molecule has 5 heteroatoms. The molecule has 1 aliphatic rings. The minimum absolute atomic E-state index is 0.295. The fourth-order valence-electron chi connectivity index (χ4n) is 2.07. The molecule has 1 fully saturated rings. The summed E-state index contributed by atoms with van der Waals surface area (Å²) in [4.78, 5) is 12.0. The molecule has 0 amide bonds. The molecular weight excluding hydrogens is 249 g/mol. The molecule has 0 bridgehead atoms. The van der Waals surface area contributed by atoms with Crippen LogP contribution in [0.15, 0.2) is 30.3 Å². The highest BCUT2D eigenvalue weighted by Gasteiger charge is 2.23. The number of morpholine rings is 1. The number of ether oxygens (including phenoxy) is 1. The Labute approximate surface area is 108 Å². The van der Waals surface area contributed by atoms with Crippen LogP contribution >= 0.6 is 7.37 Å². The normalized spacial score (nSPS) is 20.5. The minimum Gasteiger partial charge on any atom is -0.379 e. The standard InChI is InChI=1S/C13H20NO3P/c15-18(16,12-14-7-9-17-10-8-14)11-6-13-4-2-1-3-5-13/h1-5H,6-12H2,(H,15,16). The van der Waals surface area contributed by atoms with E-state index in [4.69, 9.17) is 4.74 Å². The van der Waals surface area contributed by atoms with Crippen LogP contribution in [0, 0.1) is 0 Å². The summed E-state index contributed by atoms with van der Waals surface area (Å²) in [5.41, 5.74) is 1.12. The third-order valence-electron chi connectivity index (χ3n) is 3.12. The zero-order valence-corrected chi connectivity index (χ0v) is 11.4. The van der Waals surface area contributed by atoms with Gasteiger partial charge in [0.15, 0.2) is 0 Å². The van der Waals surface area contributed by atoms with Crippen LogP contribution in [0.4, 0.5) is 0 Å². The molecular formula is C13H20NO3P. The highest BCUT2D eigenvalue weighted by molar-refractivity contribution is 7.57. The number of rotatable bonds is 5. The van der Waals surface area contributed by atoms with Crippen LogP contribution in [0.3, 0.4) is 0 Å². The van der Waals surface area contributed by atoms with E-state index in [-0.39, 0.29) is 0 Å². The van der Waals surface area contributed by atoms with Crippen LogP contribution in [0.5, 0.6) is 0 Å². The molecule has 1 heterocycles. The lowest BCUT2D eigenvalue weighted by molar-refractivity contribution is 0.0453. The number of nitrogens with zero attached hydrogens (tertiary/aromatic N) is 1. The van der Waals surface area contributed by atoms with Crippen molar-refractivity contribution < 1.29 is 14.2 Å². The maximum Gasteiger partial charge on any atom is 0.214 e. The quantitative estimate of drug-likeness (QED) is 0.828. The van der Waals surface area contributed by atoms with Crippen LogP contribution < -0.4 is 0 Å². The average Bonchev–Trinajstić information content (AvgIpc) is 2.38. The van der Waals surface area contributed by atoms with Crippen LogP contribution in [0.1, 0.15) is 5.56 Å². The molecule has 0 spiro atoms. The number of hydrogen-bond donors (Lipinski definition) is 1. The molecule has 1 N–H and O–H groups in total. The summed E-state index contributed by atoms with van der Waals surface area (Å²) in [6.45, 7) is 2.85. The summed E-state index contributed by atoms with van der Waals surface area (Å²) >= 11 is 0. The molecule has 18 heavy (non-hydrogen) atoms. The number of aryl methyl sites for hydroxylation is 1. The molecule has 0 aliphatic carbocycles. The van der Waals surface area contributed by atoms with Gasteiger partial charge >= 0.3 is 0 Å². The summed E-state index contributed by atoms with van der Waals surface area (Å²) in [5, 5.41) is 0. The van der Waals surface area contributed by atoms with E-state index in [0.29, 0.717) is 32.1 Å². The lowest BCUT2D eigenvalue weighted by Gasteiger charge is -2.28. The van der Waals surface area contributed by atoms with Crippen molar-refractivity contribution in [3.05, 3.63) is 35.9 Å². The van der Waals surface area contributed by atoms with Gasteiger partial charge in [-0.15, -0.1) is 0 Å². The Morgan fingerprint density at radius 3 is 2.56 bits per heavy atom. The number of hydrogen-bond acceptors (Lipinski definition) is 3. The second kappa shape index (κ2) is 6.48. The Hall–Kier alpha value is -0.670. The average molecular weight is 269 g/mol. The third-order valence-corrected chi connectivity index (χ3v) is 4.88. The van der Waals surface area contributed by atoms with Crippen LogP contribution in [-0.4, -0.2) is 48.5 Å². The van der Waals surface area contributed by atoms with Crippen molar-refractivity contribution in [3.8, 4) is 0 Å². The van der Waals surface area contributed by atoms with E-state index in [9.17, 15) is 9.46 Å². The summed E-state index contributed by atoms with van der Waals surface area (Å²) in [5.74, 6) is 0. The molecule has 1 aliphatic heterocycles. The molecule has 100 valence electrons. The zero-order chi connectivity index (χ0) is 12.8. The second-order valence-electron chi connectivity index (χ2n) is 4.68. The van der Waals surface area contributed by atoms with Gasteiger partial charge in [-0.2, -0.15) is 0 Å². The largest absolute Gasteiger partial charge is 0.379 e. The Bertz CT molecular complexity index is 404. The fourth-order valence-corrected chi connectivity index (χ4v) is 3.73. The molecule has 1 atom stereocenters. The molecule has 0 saturated carbocycles. The van der Waals surface area contributed by atoms with Crippen molar-refractivity contribution in [2.24, 2.45) is 0 Å². The highest BCUT2D eigenvalue weighted by Crippen LogP contribution is 2.41. The first-order chi connectivity index (χ1) is 8.66. The SMILES string of the molecule is O=P(O)(CCc1ccccc1)CN1CCOCC1. The summed E-state index contributed by atoms with van der Waals surface area (Å²) in [6, 6.07) is 9.86. The lowest BCUT2D eigenvalue weighted by atomic mass is 10.2. The molecule has 1 unspecified atom stereocenters. The van der Waals surface area contributed by atoms with E-state index in [0.717, 1.165) is 18.7 Å². The molecule has 2 rings (SSSR count). The van der Waals surface area contributed by atoms with Gasteiger partial charge in [-0.25, -0.2) is 0 Å². The first-order valence-electron chi connectivity index (χ1n) is 6.31. The maximum absolute atomic E-state index is 12.1. The maximum atomic E-state index is 12.1. The summed E-state index contributed by atoms with van der Waals surface area (Å²) < 4.78 is 17.4. The fraction of sp³-hybridized carbons (Fsp3) is 0.538. The van der Waals surface area contributed by atoms with Crippen LogP contribution in [-0.2, 0) is 15.7 Å². The van der Waals surface area contributed by atoms with Crippen molar-refractivity contribution >= 4 is 7.37 Å². The topological polar surface area (TPSA) is 49.8 Å². The Morgan fingerprint density at radius 1 is 1.22 bits per heavy atom. The zero-order valence-electron chi connectivity index (χ0n) is 10.5. The first-order valence-corrected chi connectivity index (χ1v) is 8.34. The summed E-state index contributed by atoms with van der Waals surface area (Å²) in [6.07, 6.45) is 1.32. The van der Waals surface area contributed by atoms with Crippen molar-refractivity contribution in [3.63, 3.8) is 0 Å². The smallest absolute Gasteiger partial charge is 0.214 e. The third kappa shape index (κ3) is 4.54. The van der Waals surface area contributed by atoms with Gasteiger partial charge in [0.25, 0.3) is 0 Å². The van der Waals surface area contributed by atoms with Crippen molar-refractivity contribution in [2.45, 2.75) is 6.42 Å². The molecule has 1 aromatic rings. The Balaban J connectivity index is 1.81. The predicted molar refractivity (Wildman–Crippen MR) is 72.1 cm³/mol. The van der Waals surface area contributed by atoms with E-state index in [2.05, 4.69) is 0 Å². The van der Waals surface area contributed by atoms with Gasteiger partial charge < -0.3 is 9.63 Å². The molecule has 0 aromatic heterocycles. The van der Waals surface area contributed by atoms with E-state index in [1.807, 2.05) is 35.2 Å². The Morgan fingerprint density at radius 2 is 1.89 bits per heavy atom. The van der Waals surface area contributed by atoms with E-state index < -0.39 is 7.37 Å². The number of benzene rings is 1. The molecule has 4 nitrogen and oxygen atoms in total. The van der Waals surface area contributed by atoms with Gasteiger partial charge in [0, 0.05) is 19.3 Å². The van der Waals surface area contributed by atoms with E-state index in [1.54, 1.807) is 0 Å². The van der Waals surface area contributed by atoms with Gasteiger partial charge in [0.2, 0.25) is 7.37 Å². The highest BCUT2D eigenvalue weighted by atomic mass is 31.2. The van der Waals surface area contributed by atoms with Gasteiger partial charge in [-0.3, -0.25) is 9.46 Å². The van der Waals surface area contributed by atoms with Crippen LogP contribution in [0.25, 0.3) is 0 Å². The molecule has 1 saturated heterocycles. The van der Waals surface area contributed by atoms with Crippen molar-refractivity contribution in [2.75, 3.05) is 38.8 Å². The van der Waals surface area contributed by atoms with E-state index in [1.165, 1.54) is 0 Å². The van der Waals surface area contributed by atoms with Crippen molar-refractivity contribution in [1.82, 2.24) is 4.90 Å². The van der Waals surface area contributed by atoms with Gasteiger partial charge in [0.05, 0.1) is 19.5 Å². The van der Waals surface area contributed by atoms with Gasteiger partial charge in [-0.05, 0) is 12.0 Å². The van der Waals surface area contributed by atoms with Crippen LogP contribution in [0.2, 0.25) is 0 Å². The van der Waals surface area contributed by atoms with Gasteiger partial charge in [-0.1, -0.05) is 30.3 Å². The van der Waals surface area contributed by atoms with Gasteiger partial charge in [0.1, 0.15) is 0 Å². The minimum atomic E-state index is -3.06. The van der Waals surface area contributed by atoms with Crippen molar-refractivity contribution in [1.29, 1.82) is 0 Å². The first kappa shape index (κ1) is 13.8. The molecule has 1 aromatic carbocycles. The lowest BCUT2D eigenvalue weighted by Crippen LogP contribution is -2.37.